The van der Waals surface area contributed by atoms with Crippen LogP contribution in [0.15, 0.2) is 54.6 Å². The summed E-state index contributed by atoms with van der Waals surface area (Å²) < 4.78 is 1.58. The number of anilines is 2. The third-order valence-corrected chi connectivity index (χ3v) is 4.84. The predicted octanol–water partition coefficient (Wildman–Crippen LogP) is 3.80. The fraction of sp³-hybridized carbons (Fsp3) is 0.150. The third-order valence-electron chi connectivity index (χ3n) is 4.60. The number of nitrogens with zero attached hydrogens (tertiary/aromatic N) is 2. The molecule has 4 rings (SSSR count). The maximum Gasteiger partial charge on any atom is 0.256 e. The Balaban J connectivity index is 1.74. The summed E-state index contributed by atoms with van der Waals surface area (Å²) in [5, 5.41) is 10.6. The molecule has 1 atom stereocenters. The van der Waals surface area contributed by atoms with Crippen molar-refractivity contribution in [3.8, 4) is 0 Å². The summed E-state index contributed by atoms with van der Waals surface area (Å²) in [7, 11) is 1.74. The minimum atomic E-state index is -0.304. The molecule has 0 unspecified atom stereocenters. The molecular formula is C20H17ClN4O2. The molecule has 1 aliphatic heterocycles. The number of carbonyl (C=O) groups is 2. The second kappa shape index (κ2) is 6.89. The van der Waals surface area contributed by atoms with E-state index in [1.165, 1.54) is 0 Å². The van der Waals surface area contributed by atoms with E-state index in [0.29, 0.717) is 28.6 Å². The Hall–Kier alpha value is -3.12. The molecule has 1 aliphatic rings. The van der Waals surface area contributed by atoms with Crippen molar-refractivity contribution < 1.29 is 9.59 Å². The summed E-state index contributed by atoms with van der Waals surface area (Å²) in [5.74, 6) is 0.473. The summed E-state index contributed by atoms with van der Waals surface area (Å²) in [5.41, 5.74) is 2.25. The monoisotopic (exact) mass is 380 g/mol. The summed E-state index contributed by atoms with van der Waals surface area (Å²) in [6.07, 6.45) is 0.294. The van der Waals surface area contributed by atoms with Crippen molar-refractivity contribution in [1.82, 2.24) is 9.78 Å². The lowest BCUT2D eigenvalue weighted by molar-refractivity contribution is -0.116. The number of hydrogen-bond acceptors (Lipinski definition) is 3. The molecule has 1 aromatic heterocycles. The van der Waals surface area contributed by atoms with E-state index in [0.717, 1.165) is 11.1 Å². The highest BCUT2D eigenvalue weighted by atomic mass is 35.5. The lowest BCUT2D eigenvalue weighted by Gasteiger charge is -2.24. The number of amides is 2. The molecule has 0 saturated carbocycles. The Morgan fingerprint density at radius 1 is 1.22 bits per heavy atom. The minimum absolute atomic E-state index is 0.0768. The van der Waals surface area contributed by atoms with Gasteiger partial charge in [0.05, 0.1) is 0 Å². The van der Waals surface area contributed by atoms with Crippen LogP contribution in [0.2, 0.25) is 5.02 Å². The molecule has 27 heavy (non-hydrogen) atoms. The fourth-order valence-corrected chi connectivity index (χ4v) is 3.55. The van der Waals surface area contributed by atoms with Crippen LogP contribution in [0.25, 0.3) is 0 Å². The molecule has 0 radical (unpaired) electrons. The van der Waals surface area contributed by atoms with Gasteiger partial charge in [-0.15, -0.1) is 0 Å². The quantitative estimate of drug-likeness (QED) is 0.725. The zero-order chi connectivity index (χ0) is 19.0. The molecule has 2 aromatic carbocycles. The van der Waals surface area contributed by atoms with Crippen LogP contribution in [0.5, 0.6) is 0 Å². The standard InChI is InChI=1S/C20H17ClN4O2/c1-25-19-17(15(11-16(26)22-19)12-6-3-2-4-7-12)18(24-25)23-20(27)13-8-5-9-14(21)10-13/h2-10,15H,11H2,1H3,(H,22,26)(H,23,24,27)/t15-/m0/s1. The van der Waals surface area contributed by atoms with E-state index >= 15 is 0 Å². The van der Waals surface area contributed by atoms with Gasteiger partial charge in [-0.25, -0.2) is 0 Å². The Kier molecular flexibility index (Phi) is 4.41. The van der Waals surface area contributed by atoms with Gasteiger partial charge in [-0.05, 0) is 23.8 Å². The normalized spacial score (nSPS) is 15.8. The van der Waals surface area contributed by atoms with Gasteiger partial charge in [0, 0.05) is 35.5 Å². The molecule has 0 saturated heterocycles. The zero-order valence-electron chi connectivity index (χ0n) is 14.6. The lowest BCUT2D eigenvalue weighted by Crippen LogP contribution is -2.25. The molecular weight excluding hydrogens is 364 g/mol. The minimum Gasteiger partial charge on any atom is -0.311 e. The summed E-state index contributed by atoms with van der Waals surface area (Å²) in [6.45, 7) is 0. The van der Waals surface area contributed by atoms with Gasteiger partial charge in [0.15, 0.2) is 5.82 Å². The van der Waals surface area contributed by atoms with Crippen LogP contribution in [0.4, 0.5) is 11.6 Å². The molecule has 0 fully saturated rings. The van der Waals surface area contributed by atoms with Gasteiger partial charge in [0.2, 0.25) is 5.91 Å². The Morgan fingerprint density at radius 2 is 2.00 bits per heavy atom. The van der Waals surface area contributed by atoms with Gasteiger partial charge in [-0.1, -0.05) is 48.0 Å². The zero-order valence-corrected chi connectivity index (χ0v) is 15.3. The highest BCUT2D eigenvalue weighted by molar-refractivity contribution is 6.31. The highest BCUT2D eigenvalue weighted by Crippen LogP contribution is 2.41. The first-order valence-corrected chi connectivity index (χ1v) is 8.89. The first-order chi connectivity index (χ1) is 13.0. The Morgan fingerprint density at radius 3 is 2.74 bits per heavy atom. The van der Waals surface area contributed by atoms with E-state index in [9.17, 15) is 9.59 Å². The number of carbonyl (C=O) groups excluding carboxylic acids is 2. The van der Waals surface area contributed by atoms with E-state index in [2.05, 4.69) is 15.7 Å². The number of aromatic nitrogens is 2. The molecule has 0 bridgehead atoms. The largest absolute Gasteiger partial charge is 0.311 e. The second-order valence-corrected chi connectivity index (χ2v) is 6.85. The topological polar surface area (TPSA) is 76.0 Å². The molecule has 0 aliphatic carbocycles. The van der Waals surface area contributed by atoms with Gasteiger partial charge in [-0.2, -0.15) is 5.10 Å². The first kappa shape index (κ1) is 17.3. The van der Waals surface area contributed by atoms with Gasteiger partial charge in [0.1, 0.15) is 5.82 Å². The lowest BCUT2D eigenvalue weighted by atomic mass is 9.86. The Labute approximate surface area is 161 Å². The van der Waals surface area contributed by atoms with E-state index in [1.54, 1.807) is 36.0 Å². The number of fused-ring (bicyclic) bond motifs is 1. The van der Waals surface area contributed by atoms with Crippen LogP contribution in [0.3, 0.4) is 0 Å². The van der Waals surface area contributed by atoms with Gasteiger partial charge in [0.25, 0.3) is 5.91 Å². The van der Waals surface area contributed by atoms with Crippen LogP contribution >= 0.6 is 11.6 Å². The maximum atomic E-state index is 12.7. The summed E-state index contributed by atoms with van der Waals surface area (Å²) in [6, 6.07) is 16.5. The van der Waals surface area contributed by atoms with E-state index in [1.807, 2.05) is 30.3 Å². The molecule has 2 heterocycles. The van der Waals surface area contributed by atoms with Crippen LogP contribution < -0.4 is 10.6 Å². The Bertz CT molecular complexity index is 1030. The van der Waals surface area contributed by atoms with Crippen LogP contribution in [0.1, 0.15) is 33.8 Å². The number of aryl methyl sites for hydroxylation is 1. The van der Waals surface area contributed by atoms with Gasteiger partial charge < -0.3 is 10.6 Å². The van der Waals surface area contributed by atoms with Crippen LogP contribution in [-0.2, 0) is 11.8 Å². The third kappa shape index (κ3) is 3.31. The van der Waals surface area contributed by atoms with Crippen molar-refractivity contribution >= 4 is 35.1 Å². The van der Waals surface area contributed by atoms with E-state index < -0.39 is 0 Å². The summed E-state index contributed by atoms with van der Waals surface area (Å²) >= 11 is 5.98. The van der Waals surface area contributed by atoms with Gasteiger partial charge >= 0.3 is 0 Å². The van der Waals surface area contributed by atoms with Gasteiger partial charge in [-0.3, -0.25) is 14.3 Å². The number of hydrogen-bond donors (Lipinski definition) is 2. The number of rotatable bonds is 3. The summed E-state index contributed by atoms with van der Waals surface area (Å²) in [4.78, 5) is 24.9. The van der Waals surface area contributed by atoms with Crippen molar-refractivity contribution in [3.05, 3.63) is 76.3 Å². The SMILES string of the molecule is Cn1nc(NC(=O)c2cccc(Cl)c2)c2c1NC(=O)C[C@H]2c1ccccc1. The molecule has 2 amide bonds. The number of halogens is 1. The van der Waals surface area contributed by atoms with Crippen molar-refractivity contribution in [2.24, 2.45) is 7.05 Å². The molecule has 3 aromatic rings. The first-order valence-electron chi connectivity index (χ1n) is 8.51. The highest BCUT2D eigenvalue weighted by Gasteiger charge is 2.33. The van der Waals surface area contributed by atoms with Crippen molar-refractivity contribution in [2.45, 2.75) is 12.3 Å². The predicted molar refractivity (Wildman–Crippen MR) is 104 cm³/mol. The second-order valence-electron chi connectivity index (χ2n) is 6.41. The molecule has 7 heteroatoms. The molecule has 2 N–H and O–H groups in total. The fourth-order valence-electron chi connectivity index (χ4n) is 3.36. The van der Waals surface area contributed by atoms with Crippen LogP contribution in [0, 0.1) is 0 Å². The van der Waals surface area contributed by atoms with E-state index in [4.69, 9.17) is 11.6 Å². The van der Waals surface area contributed by atoms with Crippen molar-refractivity contribution in [2.75, 3.05) is 10.6 Å². The number of nitrogens with one attached hydrogen (secondary N) is 2. The smallest absolute Gasteiger partial charge is 0.256 e. The molecule has 6 nitrogen and oxygen atoms in total. The molecule has 0 spiro atoms. The molecule has 136 valence electrons. The van der Waals surface area contributed by atoms with Crippen LogP contribution in [-0.4, -0.2) is 21.6 Å². The maximum absolute atomic E-state index is 12.7. The number of benzene rings is 2. The van der Waals surface area contributed by atoms with Crippen molar-refractivity contribution in [1.29, 1.82) is 0 Å². The van der Waals surface area contributed by atoms with Crippen molar-refractivity contribution in [3.63, 3.8) is 0 Å². The average Bonchev–Trinajstić information content (AvgIpc) is 2.97. The van der Waals surface area contributed by atoms with E-state index in [-0.39, 0.29) is 17.7 Å². The average molecular weight is 381 g/mol.